The molecular weight excluding hydrogens is 292 g/mol. The Morgan fingerprint density at radius 1 is 1.19 bits per heavy atom. The SMILES string of the molecule is COc1ccc(Nc2nc(Cl)nc(OC(C)C)n2)cc1C. The highest BCUT2D eigenvalue weighted by Gasteiger charge is 2.08. The van der Waals surface area contributed by atoms with Gasteiger partial charge >= 0.3 is 6.01 Å². The maximum atomic E-state index is 5.88. The summed E-state index contributed by atoms with van der Waals surface area (Å²) in [7, 11) is 1.64. The number of halogens is 1. The molecule has 0 fully saturated rings. The minimum Gasteiger partial charge on any atom is -0.496 e. The lowest BCUT2D eigenvalue weighted by molar-refractivity contribution is 0.222. The smallest absolute Gasteiger partial charge is 0.322 e. The summed E-state index contributed by atoms with van der Waals surface area (Å²) in [6, 6.07) is 5.86. The number of hydrogen-bond donors (Lipinski definition) is 1. The molecule has 0 radical (unpaired) electrons. The van der Waals surface area contributed by atoms with E-state index < -0.39 is 0 Å². The second-order valence-electron chi connectivity index (χ2n) is 4.69. The molecule has 0 aliphatic heterocycles. The Balaban J connectivity index is 2.22. The summed E-state index contributed by atoms with van der Waals surface area (Å²) in [6.07, 6.45) is -0.0421. The van der Waals surface area contributed by atoms with Crippen molar-refractivity contribution in [3.05, 3.63) is 29.0 Å². The first-order valence-electron chi connectivity index (χ1n) is 6.48. The minimum absolute atomic E-state index is 0.0421. The third-order valence-electron chi connectivity index (χ3n) is 2.58. The quantitative estimate of drug-likeness (QED) is 0.913. The van der Waals surface area contributed by atoms with Gasteiger partial charge in [0.25, 0.3) is 0 Å². The predicted octanol–water partition coefficient (Wildman–Crippen LogP) is 3.37. The van der Waals surface area contributed by atoms with Crippen LogP contribution in [0, 0.1) is 6.92 Å². The van der Waals surface area contributed by atoms with Gasteiger partial charge < -0.3 is 14.8 Å². The normalized spacial score (nSPS) is 10.6. The van der Waals surface area contributed by atoms with Crippen LogP contribution < -0.4 is 14.8 Å². The summed E-state index contributed by atoms with van der Waals surface area (Å²) >= 11 is 5.88. The number of aromatic nitrogens is 3. The van der Waals surface area contributed by atoms with Crippen LogP contribution in [0.3, 0.4) is 0 Å². The van der Waals surface area contributed by atoms with Gasteiger partial charge in [-0.05, 0) is 56.1 Å². The van der Waals surface area contributed by atoms with Gasteiger partial charge in [-0.2, -0.15) is 15.0 Å². The van der Waals surface area contributed by atoms with Crippen LogP contribution >= 0.6 is 11.6 Å². The van der Waals surface area contributed by atoms with Crippen LogP contribution in [0.1, 0.15) is 19.4 Å². The van der Waals surface area contributed by atoms with Gasteiger partial charge in [0.15, 0.2) is 0 Å². The molecule has 0 saturated heterocycles. The molecule has 7 heteroatoms. The number of anilines is 2. The van der Waals surface area contributed by atoms with Gasteiger partial charge in [0.05, 0.1) is 13.2 Å². The van der Waals surface area contributed by atoms with Crippen LogP contribution in [0.5, 0.6) is 11.8 Å². The van der Waals surface area contributed by atoms with E-state index in [9.17, 15) is 0 Å². The summed E-state index contributed by atoms with van der Waals surface area (Å²) in [4.78, 5) is 12.1. The van der Waals surface area contributed by atoms with E-state index in [0.717, 1.165) is 17.0 Å². The zero-order valence-electron chi connectivity index (χ0n) is 12.3. The van der Waals surface area contributed by atoms with Crippen molar-refractivity contribution >= 4 is 23.2 Å². The Bertz CT molecular complexity index is 634. The van der Waals surface area contributed by atoms with E-state index in [4.69, 9.17) is 21.1 Å². The Kier molecular flexibility index (Phi) is 4.80. The van der Waals surface area contributed by atoms with Crippen molar-refractivity contribution in [2.75, 3.05) is 12.4 Å². The second-order valence-corrected chi connectivity index (χ2v) is 5.02. The number of nitrogens with one attached hydrogen (secondary N) is 1. The standard InChI is InChI=1S/C14H17ClN4O2/c1-8(2)21-14-18-12(15)17-13(19-14)16-10-5-6-11(20-4)9(3)7-10/h5-8H,1-4H3,(H,16,17,18,19). The Labute approximate surface area is 128 Å². The monoisotopic (exact) mass is 308 g/mol. The van der Waals surface area contributed by atoms with Crippen LogP contribution in [-0.4, -0.2) is 28.2 Å². The second kappa shape index (κ2) is 6.58. The molecule has 0 unspecified atom stereocenters. The van der Waals surface area contributed by atoms with Crippen molar-refractivity contribution in [2.24, 2.45) is 0 Å². The zero-order valence-corrected chi connectivity index (χ0v) is 13.1. The number of hydrogen-bond acceptors (Lipinski definition) is 6. The van der Waals surface area contributed by atoms with E-state index in [1.807, 2.05) is 39.0 Å². The van der Waals surface area contributed by atoms with Crippen molar-refractivity contribution in [3.63, 3.8) is 0 Å². The maximum Gasteiger partial charge on any atom is 0.322 e. The summed E-state index contributed by atoms with van der Waals surface area (Å²) in [5, 5.41) is 3.15. The first kappa shape index (κ1) is 15.3. The lowest BCUT2D eigenvalue weighted by Crippen LogP contribution is -2.10. The molecule has 0 aliphatic carbocycles. The van der Waals surface area contributed by atoms with Gasteiger partial charge in [0, 0.05) is 5.69 Å². The number of ether oxygens (including phenoxy) is 2. The molecule has 0 saturated carbocycles. The van der Waals surface area contributed by atoms with E-state index >= 15 is 0 Å². The number of benzene rings is 1. The van der Waals surface area contributed by atoms with Crippen molar-refractivity contribution in [2.45, 2.75) is 26.9 Å². The largest absolute Gasteiger partial charge is 0.496 e. The predicted molar refractivity (Wildman–Crippen MR) is 81.6 cm³/mol. The number of aryl methyl sites for hydroxylation is 1. The molecule has 6 nitrogen and oxygen atoms in total. The molecule has 112 valence electrons. The average Bonchev–Trinajstić information content (AvgIpc) is 2.37. The summed E-state index contributed by atoms with van der Waals surface area (Å²) < 4.78 is 10.6. The summed E-state index contributed by atoms with van der Waals surface area (Å²) in [5.41, 5.74) is 1.83. The third-order valence-corrected chi connectivity index (χ3v) is 2.75. The van der Waals surface area contributed by atoms with Gasteiger partial charge in [-0.25, -0.2) is 0 Å². The van der Waals surface area contributed by atoms with E-state index in [1.54, 1.807) is 7.11 Å². The molecule has 0 amide bonds. The molecule has 1 aromatic heterocycles. The molecule has 21 heavy (non-hydrogen) atoms. The molecule has 1 N–H and O–H groups in total. The van der Waals surface area contributed by atoms with Crippen LogP contribution in [0.2, 0.25) is 5.28 Å². The third kappa shape index (κ3) is 4.19. The fourth-order valence-electron chi connectivity index (χ4n) is 1.74. The minimum atomic E-state index is -0.0421. The fraction of sp³-hybridized carbons (Fsp3) is 0.357. The Morgan fingerprint density at radius 2 is 1.95 bits per heavy atom. The van der Waals surface area contributed by atoms with Crippen molar-refractivity contribution in [1.82, 2.24) is 15.0 Å². The fourth-order valence-corrected chi connectivity index (χ4v) is 1.89. The molecule has 0 atom stereocenters. The molecule has 0 aliphatic rings. The van der Waals surface area contributed by atoms with Crippen molar-refractivity contribution in [1.29, 1.82) is 0 Å². The van der Waals surface area contributed by atoms with Crippen LogP contribution in [0.25, 0.3) is 0 Å². The molecule has 2 aromatic rings. The number of nitrogens with zero attached hydrogens (tertiary/aromatic N) is 3. The topological polar surface area (TPSA) is 69.2 Å². The van der Waals surface area contributed by atoms with E-state index in [0.29, 0.717) is 5.95 Å². The highest BCUT2D eigenvalue weighted by Crippen LogP contribution is 2.23. The van der Waals surface area contributed by atoms with Gasteiger partial charge in [0.2, 0.25) is 11.2 Å². The highest BCUT2D eigenvalue weighted by atomic mass is 35.5. The summed E-state index contributed by atoms with van der Waals surface area (Å²) in [5.74, 6) is 1.15. The Hall–Kier alpha value is -2.08. The molecule has 2 rings (SSSR count). The lowest BCUT2D eigenvalue weighted by atomic mass is 10.2. The van der Waals surface area contributed by atoms with E-state index in [2.05, 4.69) is 20.3 Å². The first-order valence-corrected chi connectivity index (χ1v) is 6.85. The van der Waals surface area contributed by atoms with Crippen molar-refractivity contribution < 1.29 is 9.47 Å². The zero-order chi connectivity index (χ0) is 15.4. The lowest BCUT2D eigenvalue weighted by Gasteiger charge is -2.11. The van der Waals surface area contributed by atoms with Crippen LogP contribution in [-0.2, 0) is 0 Å². The number of methoxy groups -OCH3 is 1. The van der Waals surface area contributed by atoms with E-state index in [1.165, 1.54) is 0 Å². The van der Waals surface area contributed by atoms with Gasteiger partial charge in [-0.3, -0.25) is 0 Å². The molecule has 0 spiro atoms. The number of rotatable bonds is 5. The van der Waals surface area contributed by atoms with Crippen LogP contribution in [0.15, 0.2) is 18.2 Å². The Morgan fingerprint density at radius 3 is 2.57 bits per heavy atom. The van der Waals surface area contributed by atoms with Crippen LogP contribution in [0.4, 0.5) is 11.6 Å². The van der Waals surface area contributed by atoms with E-state index in [-0.39, 0.29) is 17.4 Å². The molecule has 1 heterocycles. The van der Waals surface area contributed by atoms with Gasteiger partial charge in [-0.1, -0.05) is 0 Å². The highest BCUT2D eigenvalue weighted by molar-refractivity contribution is 6.28. The molecule has 0 bridgehead atoms. The summed E-state index contributed by atoms with van der Waals surface area (Å²) in [6.45, 7) is 5.73. The average molecular weight is 309 g/mol. The molecule has 1 aromatic carbocycles. The van der Waals surface area contributed by atoms with Gasteiger partial charge in [0.1, 0.15) is 5.75 Å². The maximum absolute atomic E-state index is 5.88. The van der Waals surface area contributed by atoms with Gasteiger partial charge in [-0.15, -0.1) is 0 Å². The first-order chi connectivity index (χ1) is 9.97. The van der Waals surface area contributed by atoms with Crippen molar-refractivity contribution in [3.8, 4) is 11.8 Å². The molecular formula is C14H17ClN4O2.